The molecule has 124 valence electrons. The molecule has 3 rings (SSSR count). The van der Waals surface area contributed by atoms with Gasteiger partial charge in [0.15, 0.2) is 5.13 Å². The second kappa shape index (κ2) is 7.53. The van der Waals surface area contributed by atoms with Gasteiger partial charge in [-0.2, -0.15) is 0 Å². The highest BCUT2D eigenvalue weighted by Gasteiger charge is 2.23. The van der Waals surface area contributed by atoms with Gasteiger partial charge in [-0.3, -0.25) is 4.79 Å². The Kier molecular flexibility index (Phi) is 5.43. The van der Waals surface area contributed by atoms with Gasteiger partial charge >= 0.3 is 0 Å². The van der Waals surface area contributed by atoms with Crippen LogP contribution in [0.5, 0.6) is 0 Å². The number of hydrogen-bond acceptors (Lipinski definition) is 5. The van der Waals surface area contributed by atoms with Gasteiger partial charge in [0, 0.05) is 37.5 Å². The van der Waals surface area contributed by atoms with Gasteiger partial charge in [0.1, 0.15) is 0 Å². The number of benzene rings is 1. The minimum absolute atomic E-state index is 0.306. The van der Waals surface area contributed by atoms with Crippen molar-refractivity contribution in [1.82, 2.24) is 9.88 Å². The highest BCUT2D eigenvalue weighted by Crippen LogP contribution is 2.34. The zero-order valence-electron chi connectivity index (χ0n) is 13.7. The van der Waals surface area contributed by atoms with E-state index in [1.54, 1.807) is 23.1 Å². The number of para-hydroxylation sites is 1. The van der Waals surface area contributed by atoms with E-state index in [-0.39, 0.29) is 0 Å². The fourth-order valence-electron chi connectivity index (χ4n) is 2.84. The first-order valence-corrected chi connectivity index (χ1v) is 10.2. The number of fused-ring (bicyclic) bond motifs is 1. The van der Waals surface area contributed by atoms with Crippen molar-refractivity contribution < 1.29 is 4.79 Å². The average molecular weight is 350 g/mol. The van der Waals surface area contributed by atoms with Crippen LogP contribution < -0.4 is 4.90 Å². The lowest BCUT2D eigenvalue weighted by molar-refractivity contribution is -0.131. The van der Waals surface area contributed by atoms with Crippen molar-refractivity contribution in [2.45, 2.75) is 31.1 Å². The van der Waals surface area contributed by atoms with E-state index in [1.165, 1.54) is 9.60 Å². The molecule has 0 unspecified atom stereocenters. The lowest BCUT2D eigenvalue weighted by Crippen LogP contribution is -2.48. The third-order valence-corrected chi connectivity index (χ3v) is 6.09. The highest BCUT2D eigenvalue weighted by atomic mass is 32.2. The number of carbonyl (C=O) groups is 1. The largest absolute Gasteiger partial charge is 0.345 e. The Morgan fingerprint density at radius 1 is 1.30 bits per heavy atom. The van der Waals surface area contributed by atoms with Crippen molar-refractivity contribution in [3.63, 3.8) is 0 Å². The Balaban J connectivity index is 1.67. The zero-order chi connectivity index (χ0) is 16.2. The predicted molar refractivity (Wildman–Crippen MR) is 99.7 cm³/mol. The van der Waals surface area contributed by atoms with Crippen molar-refractivity contribution in [3.8, 4) is 0 Å². The number of thioether (sulfide) groups is 1. The number of aromatic nitrogens is 1. The van der Waals surface area contributed by atoms with Crippen LogP contribution in [-0.2, 0) is 4.79 Å². The fraction of sp³-hybridized carbons (Fsp3) is 0.529. The van der Waals surface area contributed by atoms with Gasteiger partial charge in [-0.15, -0.1) is 11.8 Å². The summed E-state index contributed by atoms with van der Waals surface area (Å²) in [5.41, 5.74) is 1.11. The minimum atomic E-state index is 0.306. The molecule has 0 bridgehead atoms. The van der Waals surface area contributed by atoms with Crippen LogP contribution in [0.15, 0.2) is 23.1 Å². The minimum Gasteiger partial charge on any atom is -0.345 e. The van der Waals surface area contributed by atoms with Crippen molar-refractivity contribution in [2.24, 2.45) is 0 Å². The SMILES string of the molecule is CCCCC(=O)N1CCN(c2nc3c(SC)cccc3s2)CC1. The fourth-order valence-corrected chi connectivity index (χ4v) is 4.52. The summed E-state index contributed by atoms with van der Waals surface area (Å²) < 4.78 is 1.24. The Labute approximate surface area is 145 Å². The van der Waals surface area contributed by atoms with E-state index in [9.17, 15) is 4.79 Å². The lowest BCUT2D eigenvalue weighted by atomic mass is 10.2. The van der Waals surface area contributed by atoms with Gasteiger partial charge in [0.05, 0.1) is 10.2 Å². The topological polar surface area (TPSA) is 36.4 Å². The quantitative estimate of drug-likeness (QED) is 0.768. The third-order valence-electron chi connectivity index (χ3n) is 4.24. The van der Waals surface area contributed by atoms with Gasteiger partial charge in [-0.05, 0) is 24.8 Å². The molecule has 0 aliphatic carbocycles. The number of amides is 1. The number of piperazine rings is 1. The van der Waals surface area contributed by atoms with Gasteiger partial charge in [-0.1, -0.05) is 30.7 Å². The second-order valence-electron chi connectivity index (χ2n) is 5.77. The van der Waals surface area contributed by atoms with Crippen LogP contribution in [0.2, 0.25) is 0 Å². The molecular weight excluding hydrogens is 326 g/mol. The van der Waals surface area contributed by atoms with Crippen molar-refractivity contribution in [1.29, 1.82) is 0 Å². The average Bonchev–Trinajstić information content (AvgIpc) is 3.04. The zero-order valence-corrected chi connectivity index (χ0v) is 15.4. The van der Waals surface area contributed by atoms with E-state index in [2.05, 4.69) is 36.3 Å². The number of hydrogen-bond donors (Lipinski definition) is 0. The van der Waals surface area contributed by atoms with Crippen molar-refractivity contribution >= 4 is 44.4 Å². The molecular formula is C17H23N3OS2. The molecule has 2 heterocycles. The molecule has 0 spiro atoms. The molecule has 1 saturated heterocycles. The Hall–Kier alpha value is -1.27. The van der Waals surface area contributed by atoms with Crippen molar-refractivity contribution in [2.75, 3.05) is 37.3 Å². The Bertz CT molecular complexity index is 678. The smallest absolute Gasteiger partial charge is 0.222 e. The summed E-state index contributed by atoms with van der Waals surface area (Å²) in [6, 6.07) is 6.36. The van der Waals surface area contributed by atoms with Crippen LogP contribution in [0.3, 0.4) is 0 Å². The summed E-state index contributed by atoms with van der Waals surface area (Å²) >= 11 is 3.50. The van der Waals surface area contributed by atoms with E-state index in [0.717, 1.165) is 49.7 Å². The monoisotopic (exact) mass is 349 g/mol. The Morgan fingerprint density at radius 3 is 2.78 bits per heavy atom. The van der Waals surface area contributed by atoms with E-state index < -0.39 is 0 Å². The van der Waals surface area contributed by atoms with Crippen LogP contribution in [0.25, 0.3) is 10.2 Å². The number of rotatable bonds is 5. The van der Waals surface area contributed by atoms with Gasteiger partial charge < -0.3 is 9.80 Å². The maximum absolute atomic E-state index is 12.1. The predicted octanol–water partition coefficient (Wildman–Crippen LogP) is 3.86. The summed E-state index contributed by atoms with van der Waals surface area (Å²) in [6.07, 6.45) is 4.85. The van der Waals surface area contributed by atoms with E-state index in [4.69, 9.17) is 4.98 Å². The molecule has 0 saturated carbocycles. The molecule has 1 aliphatic heterocycles. The summed E-state index contributed by atoms with van der Waals surface area (Å²) in [5.74, 6) is 0.306. The van der Waals surface area contributed by atoms with Crippen LogP contribution in [0.4, 0.5) is 5.13 Å². The highest BCUT2D eigenvalue weighted by molar-refractivity contribution is 7.98. The second-order valence-corrected chi connectivity index (χ2v) is 7.63. The first-order chi connectivity index (χ1) is 11.2. The molecule has 1 amide bonds. The maximum Gasteiger partial charge on any atom is 0.222 e. The normalized spacial score (nSPS) is 15.4. The molecule has 0 N–H and O–H groups in total. The molecule has 4 nitrogen and oxygen atoms in total. The number of anilines is 1. The van der Waals surface area contributed by atoms with Crippen LogP contribution >= 0.6 is 23.1 Å². The van der Waals surface area contributed by atoms with E-state index in [1.807, 2.05) is 4.90 Å². The van der Waals surface area contributed by atoms with E-state index in [0.29, 0.717) is 12.3 Å². The summed E-state index contributed by atoms with van der Waals surface area (Å²) in [4.78, 5) is 22.5. The molecule has 1 aromatic heterocycles. The number of nitrogens with zero attached hydrogens (tertiary/aromatic N) is 3. The van der Waals surface area contributed by atoms with Crippen LogP contribution in [-0.4, -0.2) is 48.2 Å². The van der Waals surface area contributed by atoms with Crippen LogP contribution in [0, 0.1) is 0 Å². The summed E-state index contributed by atoms with van der Waals surface area (Å²) in [7, 11) is 0. The molecule has 1 fully saturated rings. The number of thiazole rings is 1. The lowest BCUT2D eigenvalue weighted by Gasteiger charge is -2.34. The van der Waals surface area contributed by atoms with E-state index >= 15 is 0 Å². The molecule has 6 heteroatoms. The van der Waals surface area contributed by atoms with Crippen LogP contribution in [0.1, 0.15) is 26.2 Å². The van der Waals surface area contributed by atoms with Gasteiger partial charge in [0.25, 0.3) is 0 Å². The third kappa shape index (κ3) is 3.63. The Morgan fingerprint density at radius 2 is 2.09 bits per heavy atom. The van der Waals surface area contributed by atoms with Crippen molar-refractivity contribution in [3.05, 3.63) is 18.2 Å². The molecule has 2 aromatic rings. The number of carbonyl (C=O) groups excluding carboxylic acids is 1. The molecule has 1 aliphatic rings. The molecule has 23 heavy (non-hydrogen) atoms. The molecule has 1 aromatic carbocycles. The summed E-state index contributed by atoms with van der Waals surface area (Å²) in [5, 5.41) is 1.09. The maximum atomic E-state index is 12.1. The first-order valence-electron chi connectivity index (χ1n) is 8.19. The molecule has 0 atom stereocenters. The first kappa shape index (κ1) is 16.6. The molecule has 0 radical (unpaired) electrons. The van der Waals surface area contributed by atoms with Gasteiger partial charge in [-0.25, -0.2) is 4.98 Å². The standard InChI is InChI=1S/C17H23N3OS2/c1-3-4-8-15(21)19-9-11-20(12-10-19)17-18-16-13(22-2)6-5-7-14(16)23-17/h5-7H,3-4,8-12H2,1-2H3. The number of unbranched alkanes of at least 4 members (excludes halogenated alkanes) is 1. The summed E-state index contributed by atoms with van der Waals surface area (Å²) in [6.45, 7) is 5.52. The van der Waals surface area contributed by atoms with Gasteiger partial charge in [0.2, 0.25) is 5.91 Å².